The van der Waals surface area contributed by atoms with Gasteiger partial charge in [0.15, 0.2) is 0 Å². The van der Waals surface area contributed by atoms with Crippen LogP contribution in [0.25, 0.3) is 11.6 Å². The first-order valence-electron chi connectivity index (χ1n) is 5.82. The second-order valence-electron chi connectivity index (χ2n) is 4.32. The normalized spacial score (nSPS) is 17.1. The van der Waals surface area contributed by atoms with Gasteiger partial charge in [0.1, 0.15) is 0 Å². The van der Waals surface area contributed by atoms with Crippen molar-refractivity contribution in [3.8, 4) is 0 Å². The van der Waals surface area contributed by atoms with Crippen LogP contribution in [-0.2, 0) is 13.5 Å². The Morgan fingerprint density at radius 1 is 1.24 bits per heavy atom. The molecule has 86 valence electrons. The summed E-state index contributed by atoms with van der Waals surface area (Å²) in [4.78, 5) is 8.84. The third-order valence-corrected chi connectivity index (χ3v) is 3.00. The molecule has 0 amide bonds. The molecule has 0 N–H and O–H groups in total. The van der Waals surface area contributed by atoms with E-state index in [0.717, 1.165) is 36.2 Å². The summed E-state index contributed by atoms with van der Waals surface area (Å²) in [6.07, 6.45) is 12.8. The first-order valence-corrected chi connectivity index (χ1v) is 5.82. The molecule has 0 aromatic carbocycles. The lowest BCUT2D eigenvalue weighted by molar-refractivity contribution is 0.767. The summed E-state index contributed by atoms with van der Waals surface area (Å²) in [5, 5.41) is 4.17. The van der Waals surface area contributed by atoms with E-state index >= 15 is 0 Å². The van der Waals surface area contributed by atoms with Crippen LogP contribution >= 0.6 is 0 Å². The first-order chi connectivity index (χ1) is 8.33. The summed E-state index contributed by atoms with van der Waals surface area (Å²) >= 11 is 0. The molecule has 2 aromatic rings. The predicted octanol–water partition coefficient (Wildman–Crippen LogP) is 2.09. The van der Waals surface area contributed by atoms with Crippen molar-refractivity contribution in [1.29, 1.82) is 0 Å². The summed E-state index contributed by atoms with van der Waals surface area (Å²) in [6, 6.07) is 0. The van der Waals surface area contributed by atoms with Crippen LogP contribution in [-0.4, -0.2) is 19.7 Å². The monoisotopic (exact) mass is 226 g/mol. The van der Waals surface area contributed by atoms with E-state index in [2.05, 4.69) is 21.1 Å². The van der Waals surface area contributed by atoms with Crippen LogP contribution in [0.15, 0.2) is 24.8 Å². The summed E-state index contributed by atoms with van der Waals surface area (Å²) in [6.45, 7) is 0. The fourth-order valence-corrected chi connectivity index (χ4v) is 2.24. The Morgan fingerprint density at radius 3 is 2.94 bits per heavy atom. The minimum Gasteiger partial charge on any atom is -0.275 e. The molecule has 0 spiro atoms. The predicted molar refractivity (Wildman–Crippen MR) is 66.0 cm³/mol. The second-order valence-corrected chi connectivity index (χ2v) is 4.32. The Labute approximate surface area is 100 Å². The van der Waals surface area contributed by atoms with Crippen LogP contribution in [0, 0.1) is 0 Å². The number of allylic oxidation sites excluding steroid dienone is 1. The average molecular weight is 226 g/mol. The Balaban J connectivity index is 2.03. The van der Waals surface area contributed by atoms with Gasteiger partial charge < -0.3 is 0 Å². The molecule has 0 fully saturated rings. The Morgan fingerprint density at radius 2 is 2.12 bits per heavy atom. The minimum absolute atomic E-state index is 1.04. The number of hydrogen-bond donors (Lipinski definition) is 0. The van der Waals surface area contributed by atoms with E-state index in [9.17, 15) is 0 Å². The van der Waals surface area contributed by atoms with Gasteiger partial charge in [0.25, 0.3) is 0 Å². The maximum Gasteiger partial charge on any atom is 0.0877 e. The summed E-state index contributed by atoms with van der Waals surface area (Å²) in [7, 11) is 1.93. The molecule has 1 aliphatic carbocycles. The zero-order chi connectivity index (χ0) is 11.7. The Hall–Kier alpha value is -1.97. The number of rotatable bonds is 1. The Bertz CT molecular complexity index is 568. The van der Waals surface area contributed by atoms with Crippen molar-refractivity contribution < 1.29 is 0 Å². The number of nitrogens with zero attached hydrogens (tertiary/aromatic N) is 4. The molecule has 0 unspecified atom stereocenters. The molecule has 0 radical (unpaired) electrons. The van der Waals surface area contributed by atoms with E-state index < -0.39 is 0 Å². The molecule has 0 saturated carbocycles. The smallest absolute Gasteiger partial charge is 0.0877 e. The van der Waals surface area contributed by atoms with Gasteiger partial charge >= 0.3 is 0 Å². The number of aromatic nitrogens is 4. The molecule has 0 atom stereocenters. The van der Waals surface area contributed by atoms with Crippen molar-refractivity contribution in [2.45, 2.75) is 19.3 Å². The van der Waals surface area contributed by atoms with Crippen LogP contribution in [0.4, 0.5) is 0 Å². The van der Waals surface area contributed by atoms with Gasteiger partial charge in [-0.3, -0.25) is 14.6 Å². The van der Waals surface area contributed by atoms with Gasteiger partial charge in [0.2, 0.25) is 0 Å². The zero-order valence-corrected chi connectivity index (χ0v) is 9.80. The molecule has 2 heterocycles. The molecule has 4 heteroatoms. The molecule has 17 heavy (non-hydrogen) atoms. The Kier molecular flexibility index (Phi) is 2.48. The highest BCUT2D eigenvalue weighted by molar-refractivity contribution is 5.81. The maximum absolute atomic E-state index is 4.45. The maximum atomic E-state index is 4.45. The van der Waals surface area contributed by atoms with Gasteiger partial charge in [-0.2, -0.15) is 5.10 Å². The van der Waals surface area contributed by atoms with Gasteiger partial charge in [-0.25, -0.2) is 0 Å². The molecule has 0 aliphatic heterocycles. The average Bonchev–Trinajstić information content (AvgIpc) is 2.75. The topological polar surface area (TPSA) is 43.6 Å². The van der Waals surface area contributed by atoms with Crippen molar-refractivity contribution in [3.63, 3.8) is 0 Å². The molecule has 0 saturated heterocycles. The van der Waals surface area contributed by atoms with Crippen LogP contribution < -0.4 is 0 Å². The van der Waals surface area contributed by atoms with E-state index in [1.54, 1.807) is 12.4 Å². The fraction of sp³-hybridized carbons (Fsp3) is 0.308. The highest BCUT2D eigenvalue weighted by Crippen LogP contribution is 2.29. The lowest BCUT2D eigenvalue weighted by Gasteiger charge is -2.16. The molecule has 0 bridgehead atoms. The molecule has 1 aliphatic rings. The SMILES string of the molecule is Cn1cc(/C=C2/CCCc3nccnc32)cn1. The number of fused-ring (bicyclic) bond motifs is 1. The third kappa shape index (κ3) is 1.98. The van der Waals surface area contributed by atoms with E-state index in [1.807, 2.05) is 24.1 Å². The fourth-order valence-electron chi connectivity index (χ4n) is 2.24. The van der Waals surface area contributed by atoms with Crippen LogP contribution in [0.2, 0.25) is 0 Å². The van der Waals surface area contributed by atoms with E-state index in [4.69, 9.17) is 0 Å². The van der Waals surface area contributed by atoms with Crippen molar-refractivity contribution in [3.05, 3.63) is 41.7 Å². The van der Waals surface area contributed by atoms with Gasteiger partial charge in [-0.05, 0) is 30.9 Å². The standard InChI is InChI=1S/C13H14N4/c1-17-9-10(8-16-17)7-11-3-2-4-12-13(11)15-6-5-14-12/h5-9H,2-4H2,1H3/b11-7-. The van der Waals surface area contributed by atoms with Crippen molar-refractivity contribution in [2.24, 2.45) is 7.05 Å². The van der Waals surface area contributed by atoms with Crippen LogP contribution in [0.3, 0.4) is 0 Å². The third-order valence-electron chi connectivity index (χ3n) is 3.00. The van der Waals surface area contributed by atoms with Gasteiger partial charge in [0, 0.05) is 31.2 Å². The largest absolute Gasteiger partial charge is 0.275 e. The van der Waals surface area contributed by atoms with Crippen LogP contribution in [0.5, 0.6) is 0 Å². The first kappa shape index (κ1) is 10.2. The summed E-state index contributed by atoms with van der Waals surface area (Å²) in [5.74, 6) is 0. The van der Waals surface area contributed by atoms with E-state index in [1.165, 1.54) is 5.57 Å². The summed E-state index contributed by atoms with van der Waals surface area (Å²) < 4.78 is 1.81. The van der Waals surface area contributed by atoms with E-state index in [0.29, 0.717) is 0 Å². The van der Waals surface area contributed by atoms with Crippen molar-refractivity contribution in [1.82, 2.24) is 19.7 Å². The zero-order valence-electron chi connectivity index (χ0n) is 9.80. The molecule has 4 nitrogen and oxygen atoms in total. The summed E-state index contributed by atoms with van der Waals surface area (Å²) in [5.41, 5.74) is 4.57. The quantitative estimate of drug-likeness (QED) is 0.747. The molecule has 2 aromatic heterocycles. The molecule has 3 rings (SSSR count). The van der Waals surface area contributed by atoms with Gasteiger partial charge in [-0.15, -0.1) is 0 Å². The molecular weight excluding hydrogens is 212 g/mol. The van der Waals surface area contributed by atoms with Crippen LogP contribution in [0.1, 0.15) is 29.8 Å². The van der Waals surface area contributed by atoms with Gasteiger partial charge in [-0.1, -0.05) is 0 Å². The van der Waals surface area contributed by atoms with E-state index in [-0.39, 0.29) is 0 Å². The second kappa shape index (κ2) is 4.13. The highest BCUT2D eigenvalue weighted by Gasteiger charge is 2.15. The van der Waals surface area contributed by atoms with Crippen molar-refractivity contribution in [2.75, 3.05) is 0 Å². The number of aryl methyl sites for hydroxylation is 2. The lowest BCUT2D eigenvalue weighted by atomic mass is 9.94. The molecular formula is C13H14N4. The van der Waals surface area contributed by atoms with Gasteiger partial charge in [0.05, 0.1) is 17.6 Å². The minimum atomic E-state index is 1.04. The lowest BCUT2D eigenvalue weighted by Crippen LogP contribution is -2.06. The number of hydrogen-bond acceptors (Lipinski definition) is 3. The van der Waals surface area contributed by atoms with Crippen molar-refractivity contribution >= 4 is 11.6 Å². The highest BCUT2D eigenvalue weighted by atomic mass is 15.2.